The van der Waals surface area contributed by atoms with Crippen molar-refractivity contribution in [3.05, 3.63) is 0 Å². The molecule has 0 saturated carbocycles. The van der Waals surface area contributed by atoms with E-state index in [0.717, 1.165) is 32.5 Å². The van der Waals surface area contributed by atoms with Crippen LogP contribution in [0.4, 0.5) is 0 Å². The Bertz CT molecular complexity index is 191. The fraction of sp³-hybridized carbons (Fsp3) is 0.917. The van der Waals surface area contributed by atoms with Gasteiger partial charge in [-0.25, -0.2) is 0 Å². The van der Waals surface area contributed by atoms with Crippen molar-refractivity contribution in [3.63, 3.8) is 0 Å². The number of carbonyl (C=O) groups excluding carboxylic acids is 1. The number of carbonyl (C=O) groups is 1. The van der Waals surface area contributed by atoms with E-state index in [9.17, 15) is 4.79 Å². The maximum atomic E-state index is 12.0. The largest absolute Gasteiger partial charge is 0.343 e. The van der Waals surface area contributed by atoms with Gasteiger partial charge in [0, 0.05) is 19.6 Å². The Morgan fingerprint density at radius 2 is 1.88 bits per heavy atom. The van der Waals surface area contributed by atoms with E-state index in [1.54, 1.807) is 0 Å². The van der Waals surface area contributed by atoms with Crippen LogP contribution < -0.4 is 5.73 Å². The van der Waals surface area contributed by atoms with Crippen LogP contribution >= 0.6 is 0 Å². The summed E-state index contributed by atoms with van der Waals surface area (Å²) in [4.78, 5) is 16.1. The fourth-order valence-corrected chi connectivity index (χ4v) is 1.70. The van der Waals surface area contributed by atoms with Gasteiger partial charge < -0.3 is 15.5 Å². The minimum atomic E-state index is -0.000642. The molecule has 0 saturated heterocycles. The topological polar surface area (TPSA) is 49.6 Å². The summed E-state index contributed by atoms with van der Waals surface area (Å²) in [5, 5.41) is 0. The van der Waals surface area contributed by atoms with E-state index in [2.05, 4.69) is 4.90 Å². The first-order valence-corrected chi connectivity index (χ1v) is 6.20. The first-order chi connectivity index (χ1) is 7.56. The van der Waals surface area contributed by atoms with Gasteiger partial charge in [0.1, 0.15) is 0 Å². The maximum absolute atomic E-state index is 12.0. The zero-order chi connectivity index (χ0) is 12.6. The summed E-state index contributed by atoms with van der Waals surface area (Å²) in [6, 6.07) is 0. The van der Waals surface area contributed by atoms with E-state index in [4.69, 9.17) is 5.73 Å². The van der Waals surface area contributed by atoms with E-state index in [0.29, 0.717) is 6.54 Å². The molecule has 0 aromatic heterocycles. The summed E-state index contributed by atoms with van der Waals surface area (Å²) in [6.45, 7) is 7.13. The standard InChI is InChI=1S/C12H27N3O/c1-5-11(10-13)12(16)15(6-2)9-7-8-14(3)4/h11H,5-10,13H2,1-4H3. The molecule has 1 unspecified atom stereocenters. The molecule has 4 heteroatoms. The second-order valence-electron chi connectivity index (χ2n) is 4.42. The molecular formula is C12H27N3O. The maximum Gasteiger partial charge on any atom is 0.226 e. The van der Waals surface area contributed by atoms with Gasteiger partial charge in [-0.05, 0) is 40.4 Å². The van der Waals surface area contributed by atoms with Gasteiger partial charge in [-0.1, -0.05) is 6.92 Å². The van der Waals surface area contributed by atoms with Gasteiger partial charge in [0.05, 0.1) is 5.92 Å². The van der Waals surface area contributed by atoms with E-state index in [1.165, 1.54) is 0 Å². The molecule has 0 aliphatic heterocycles. The lowest BCUT2D eigenvalue weighted by Gasteiger charge is -2.25. The first kappa shape index (κ1) is 15.4. The SMILES string of the molecule is CCC(CN)C(=O)N(CC)CCCN(C)C. The van der Waals surface area contributed by atoms with Gasteiger partial charge in [0.2, 0.25) is 5.91 Å². The third-order valence-corrected chi connectivity index (χ3v) is 2.85. The Labute approximate surface area is 99.8 Å². The average Bonchev–Trinajstić information content (AvgIpc) is 2.25. The number of hydrogen-bond donors (Lipinski definition) is 1. The Balaban J connectivity index is 4.10. The van der Waals surface area contributed by atoms with Crippen molar-refractivity contribution in [1.82, 2.24) is 9.80 Å². The highest BCUT2D eigenvalue weighted by Gasteiger charge is 2.19. The molecule has 0 aliphatic carbocycles. The summed E-state index contributed by atoms with van der Waals surface area (Å²) in [6.07, 6.45) is 1.85. The van der Waals surface area contributed by atoms with Gasteiger partial charge in [0.25, 0.3) is 0 Å². The lowest BCUT2D eigenvalue weighted by Crippen LogP contribution is -2.40. The second kappa shape index (κ2) is 8.53. The summed E-state index contributed by atoms with van der Waals surface area (Å²) in [5.74, 6) is 0.213. The fourth-order valence-electron chi connectivity index (χ4n) is 1.70. The molecule has 1 atom stereocenters. The number of nitrogens with two attached hydrogens (primary N) is 1. The van der Waals surface area contributed by atoms with E-state index < -0.39 is 0 Å². The van der Waals surface area contributed by atoms with Gasteiger partial charge in [-0.3, -0.25) is 4.79 Å². The van der Waals surface area contributed by atoms with E-state index in [1.807, 2.05) is 32.8 Å². The van der Waals surface area contributed by atoms with Crippen LogP contribution in [-0.2, 0) is 4.79 Å². The normalized spacial score (nSPS) is 12.9. The Morgan fingerprint density at radius 1 is 1.25 bits per heavy atom. The Morgan fingerprint density at radius 3 is 2.25 bits per heavy atom. The smallest absolute Gasteiger partial charge is 0.226 e. The Hall–Kier alpha value is -0.610. The van der Waals surface area contributed by atoms with Crippen molar-refractivity contribution in [2.75, 3.05) is 40.3 Å². The highest BCUT2D eigenvalue weighted by molar-refractivity contribution is 5.79. The minimum absolute atomic E-state index is 0.000642. The van der Waals surface area contributed by atoms with Gasteiger partial charge in [0.15, 0.2) is 0 Å². The number of amides is 1. The summed E-state index contributed by atoms with van der Waals surface area (Å²) >= 11 is 0. The van der Waals surface area contributed by atoms with Gasteiger partial charge in [-0.15, -0.1) is 0 Å². The van der Waals surface area contributed by atoms with Crippen LogP contribution in [0.15, 0.2) is 0 Å². The molecule has 4 nitrogen and oxygen atoms in total. The lowest BCUT2D eigenvalue weighted by molar-refractivity contribution is -0.135. The van der Waals surface area contributed by atoms with Crippen molar-refractivity contribution in [1.29, 1.82) is 0 Å². The summed E-state index contributed by atoms with van der Waals surface area (Å²) in [7, 11) is 4.10. The lowest BCUT2D eigenvalue weighted by atomic mass is 10.1. The van der Waals surface area contributed by atoms with Crippen LogP contribution in [0, 0.1) is 5.92 Å². The molecule has 16 heavy (non-hydrogen) atoms. The summed E-state index contributed by atoms with van der Waals surface area (Å²) in [5.41, 5.74) is 5.60. The molecule has 0 spiro atoms. The molecule has 96 valence electrons. The van der Waals surface area contributed by atoms with Crippen LogP contribution in [0.25, 0.3) is 0 Å². The van der Waals surface area contributed by atoms with Crippen LogP contribution in [0.5, 0.6) is 0 Å². The van der Waals surface area contributed by atoms with Crippen molar-refractivity contribution >= 4 is 5.91 Å². The molecule has 0 aliphatic rings. The molecule has 0 rings (SSSR count). The molecule has 0 heterocycles. The van der Waals surface area contributed by atoms with Gasteiger partial charge in [-0.2, -0.15) is 0 Å². The molecule has 0 bridgehead atoms. The van der Waals surface area contributed by atoms with Crippen LogP contribution in [0.3, 0.4) is 0 Å². The minimum Gasteiger partial charge on any atom is -0.343 e. The molecule has 0 aromatic rings. The highest BCUT2D eigenvalue weighted by Crippen LogP contribution is 2.06. The zero-order valence-corrected chi connectivity index (χ0v) is 11.2. The van der Waals surface area contributed by atoms with Crippen molar-refractivity contribution < 1.29 is 4.79 Å². The first-order valence-electron chi connectivity index (χ1n) is 6.20. The molecule has 0 radical (unpaired) electrons. The quantitative estimate of drug-likeness (QED) is 0.669. The zero-order valence-electron chi connectivity index (χ0n) is 11.2. The van der Waals surface area contributed by atoms with Crippen LogP contribution in [0.2, 0.25) is 0 Å². The number of nitrogens with zero attached hydrogens (tertiary/aromatic N) is 2. The molecule has 2 N–H and O–H groups in total. The van der Waals surface area contributed by atoms with Crippen molar-refractivity contribution in [2.24, 2.45) is 11.7 Å². The molecule has 0 fully saturated rings. The van der Waals surface area contributed by atoms with Gasteiger partial charge >= 0.3 is 0 Å². The van der Waals surface area contributed by atoms with Crippen molar-refractivity contribution in [3.8, 4) is 0 Å². The molecular weight excluding hydrogens is 202 g/mol. The number of hydrogen-bond acceptors (Lipinski definition) is 3. The monoisotopic (exact) mass is 229 g/mol. The molecule has 0 aromatic carbocycles. The highest BCUT2D eigenvalue weighted by atomic mass is 16.2. The number of rotatable bonds is 8. The van der Waals surface area contributed by atoms with Crippen LogP contribution in [0.1, 0.15) is 26.7 Å². The predicted octanol–water partition coefficient (Wildman–Crippen LogP) is 0.772. The third kappa shape index (κ3) is 5.47. The Kier molecular flexibility index (Phi) is 8.21. The third-order valence-electron chi connectivity index (χ3n) is 2.85. The second-order valence-corrected chi connectivity index (χ2v) is 4.42. The van der Waals surface area contributed by atoms with E-state index >= 15 is 0 Å². The van der Waals surface area contributed by atoms with Crippen LogP contribution in [-0.4, -0.2) is 56.0 Å². The molecule has 1 amide bonds. The predicted molar refractivity (Wildman–Crippen MR) is 68.3 cm³/mol. The van der Waals surface area contributed by atoms with Crippen molar-refractivity contribution in [2.45, 2.75) is 26.7 Å². The summed E-state index contributed by atoms with van der Waals surface area (Å²) < 4.78 is 0. The average molecular weight is 229 g/mol. The van der Waals surface area contributed by atoms with E-state index in [-0.39, 0.29) is 11.8 Å².